The van der Waals surface area contributed by atoms with Crippen LogP contribution < -0.4 is 14.8 Å². The number of carbonyl (C=O) groups excluding carboxylic acids is 1. The summed E-state index contributed by atoms with van der Waals surface area (Å²) < 4.78 is 16.6. The van der Waals surface area contributed by atoms with Crippen molar-refractivity contribution < 1.29 is 18.7 Å². The topological polar surface area (TPSA) is 73.6 Å². The number of nitrogens with zero attached hydrogens (tertiary/aromatic N) is 1. The van der Waals surface area contributed by atoms with Crippen LogP contribution >= 0.6 is 0 Å². The maximum Gasteiger partial charge on any atom is 0.262 e. The molecule has 1 aromatic heterocycles. The average Bonchev–Trinajstić information content (AvgIpc) is 3.16. The third-order valence-corrected chi connectivity index (χ3v) is 4.37. The lowest BCUT2D eigenvalue weighted by molar-refractivity contribution is -0.118. The van der Waals surface area contributed by atoms with Crippen LogP contribution in [0, 0.1) is 6.92 Å². The molecule has 0 aliphatic carbocycles. The smallest absolute Gasteiger partial charge is 0.262 e. The summed E-state index contributed by atoms with van der Waals surface area (Å²) in [5.74, 6) is 1.35. The van der Waals surface area contributed by atoms with Crippen LogP contribution in [0.5, 0.6) is 11.5 Å². The molecular formula is C23H20N2O4. The zero-order chi connectivity index (χ0) is 20.2. The summed E-state index contributed by atoms with van der Waals surface area (Å²) in [7, 11) is 1.56. The van der Waals surface area contributed by atoms with Crippen molar-refractivity contribution in [3.63, 3.8) is 0 Å². The van der Waals surface area contributed by atoms with E-state index in [0.29, 0.717) is 28.7 Å². The minimum Gasteiger partial charge on any atom is -0.493 e. The summed E-state index contributed by atoms with van der Waals surface area (Å²) >= 11 is 0. The van der Waals surface area contributed by atoms with E-state index < -0.39 is 0 Å². The molecule has 6 heteroatoms. The van der Waals surface area contributed by atoms with E-state index in [9.17, 15) is 4.79 Å². The normalized spacial score (nSPS) is 10.7. The molecular weight excluding hydrogens is 368 g/mol. The molecule has 0 fully saturated rings. The molecule has 0 saturated carbocycles. The second-order valence-electron chi connectivity index (χ2n) is 6.56. The third-order valence-electron chi connectivity index (χ3n) is 4.37. The SMILES string of the molecule is COc1ccccc1OCC(=O)Nc1ccc2nc(-c3cccc(C)c3)oc2c1. The van der Waals surface area contributed by atoms with E-state index in [1.165, 1.54) is 0 Å². The summed E-state index contributed by atoms with van der Waals surface area (Å²) in [4.78, 5) is 16.8. The Hall–Kier alpha value is -3.80. The molecule has 0 spiro atoms. The second kappa shape index (κ2) is 8.06. The number of amides is 1. The molecule has 0 atom stereocenters. The lowest BCUT2D eigenvalue weighted by Gasteiger charge is -2.10. The molecule has 4 aromatic rings. The summed E-state index contributed by atoms with van der Waals surface area (Å²) in [5.41, 5.74) is 3.98. The van der Waals surface area contributed by atoms with Crippen molar-refractivity contribution in [2.45, 2.75) is 6.92 Å². The van der Waals surface area contributed by atoms with Crippen molar-refractivity contribution in [2.75, 3.05) is 19.0 Å². The number of carbonyl (C=O) groups is 1. The number of rotatable bonds is 6. The van der Waals surface area contributed by atoms with Crippen LogP contribution in [-0.4, -0.2) is 24.6 Å². The standard InChI is InChI=1S/C23H20N2O4/c1-15-6-5-7-16(12-15)23-25-18-11-10-17(13-21(18)29-23)24-22(26)14-28-20-9-4-3-8-19(20)27-2/h3-13H,14H2,1-2H3,(H,24,26). The fraction of sp³-hybridized carbons (Fsp3) is 0.130. The van der Waals surface area contributed by atoms with Gasteiger partial charge >= 0.3 is 0 Å². The Morgan fingerprint density at radius 2 is 1.86 bits per heavy atom. The van der Waals surface area contributed by atoms with Gasteiger partial charge in [-0.3, -0.25) is 4.79 Å². The van der Waals surface area contributed by atoms with Gasteiger partial charge in [0.25, 0.3) is 5.91 Å². The molecule has 3 aromatic carbocycles. The highest BCUT2D eigenvalue weighted by molar-refractivity contribution is 5.94. The predicted octanol–water partition coefficient (Wildman–Crippen LogP) is 4.83. The van der Waals surface area contributed by atoms with Crippen molar-refractivity contribution in [3.8, 4) is 23.0 Å². The van der Waals surface area contributed by atoms with Gasteiger partial charge in [0, 0.05) is 17.3 Å². The van der Waals surface area contributed by atoms with Crippen molar-refractivity contribution in [1.82, 2.24) is 4.98 Å². The number of hydrogen-bond acceptors (Lipinski definition) is 5. The Balaban J connectivity index is 1.46. The van der Waals surface area contributed by atoms with Gasteiger partial charge in [0.05, 0.1) is 7.11 Å². The summed E-state index contributed by atoms with van der Waals surface area (Å²) in [5, 5.41) is 2.81. The van der Waals surface area contributed by atoms with Crippen LogP contribution in [0.1, 0.15) is 5.56 Å². The number of oxazole rings is 1. The lowest BCUT2D eigenvalue weighted by atomic mass is 10.1. The number of nitrogens with one attached hydrogen (secondary N) is 1. The van der Waals surface area contributed by atoms with E-state index >= 15 is 0 Å². The predicted molar refractivity (Wildman–Crippen MR) is 111 cm³/mol. The Morgan fingerprint density at radius 3 is 2.66 bits per heavy atom. The van der Waals surface area contributed by atoms with Crippen molar-refractivity contribution in [2.24, 2.45) is 0 Å². The van der Waals surface area contributed by atoms with Gasteiger partial charge in [-0.1, -0.05) is 29.8 Å². The van der Waals surface area contributed by atoms with E-state index in [2.05, 4.69) is 10.3 Å². The van der Waals surface area contributed by atoms with Crippen molar-refractivity contribution in [1.29, 1.82) is 0 Å². The number of methoxy groups -OCH3 is 1. The Bertz CT molecular complexity index is 1170. The number of aryl methyl sites for hydroxylation is 1. The molecule has 0 bridgehead atoms. The number of ether oxygens (including phenoxy) is 2. The fourth-order valence-corrected chi connectivity index (χ4v) is 2.98. The van der Waals surface area contributed by atoms with Crippen LogP contribution in [0.2, 0.25) is 0 Å². The zero-order valence-electron chi connectivity index (χ0n) is 16.1. The molecule has 0 aliphatic rings. The van der Waals surface area contributed by atoms with Crippen LogP contribution in [0.15, 0.2) is 71.1 Å². The third kappa shape index (κ3) is 4.21. The number of fused-ring (bicyclic) bond motifs is 1. The van der Waals surface area contributed by atoms with Crippen LogP contribution in [-0.2, 0) is 4.79 Å². The van der Waals surface area contributed by atoms with Crippen LogP contribution in [0.3, 0.4) is 0 Å². The first-order chi connectivity index (χ1) is 14.1. The highest BCUT2D eigenvalue weighted by Crippen LogP contribution is 2.27. The molecule has 146 valence electrons. The van der Waals surface area contributed by atoms with E-state index in [1.54, 1.807) is 31.4 Å². The summed E-state index contributed by atoms with van der Waals surface area (Å²) in [6, 6.07) is 20.5. The molecule has 1 N–H and O–H groups in total. The van der Waals surface area contributed by atoms with E-state index in [-0.39, 0.29) is 12.5 Å². The highest BCUT2D eigenvalue weighted by Gasteiger charge is 2.11. The second-order valence-corrected chi connectivity index (χ2v) is 6.56. The average molecular weight is 388 g/mol. The fourth-order valence-electron chi connectivity index (χ4n) is 2.98. The minimum absolute atomic E-state index is 0.136. The van der Waals surface area contributed by atoms with Crippen molar-refractivity contribution in [3.05, 3.63) is 72.3 Å². The maximum absolute atomic E-state index is 12.3. The molecule has 0 saturated heterocycles. The lowest BCUT2D eigenvalue weighted by Crippen LogP contribution is -2.20. The number of benzene rings is 3. The van der Waals surface area contributed by atoms with Gasteiger partial charge in [-0.15, -0.1) is 0 Å². The molecule has 1 heterocycles. The molecule has 0 radical (unpaired) electrons. The van der Waals surface area contributed by atoms with Gasteiger partial charge in [0.2, 0.25) is 5.89 Å². The monoisotopic (exact) mass is 388 g/mol. The van der Waals surface area contributed by atoms with Crippen LogP contribution in [0.25, 0.3) is 22.6 Å². The molecule has 29 heavy (non-hydrogen) atoms. The minimum atomic E-state index is -0.284. The Kier molecular flexibility index (Phi) is 5.16. The van der Waals surface area contributed by atoms with E-state index in [4.69, 9.17) is 13.9 Å². The van der Waals surface area contributed by atoms with Crippen molar-refractivity contribution >= 4 is 22.7 Å². The van der Waals surface area contributed by atoms with Gasteiger partial charge in [0.1, 0.15) is 5.52 Å². The number of para-hydroxylation sites is 2. The van der Waals surface area contributed by atoms with Gasteiger partial charge < -0.3 is 19.2 Å². The molecule has 1 amide bonds. The number of hydrogen-bond donors (Lipinski definition) is 1. The molecule has 0 aliphatic heterocycles. The van der Waals surface area contributed by atoms with Gasteiger partial charge in [-0.25, -0.2) is 4.98 Å². The maximum atomic E-state index is 12.3. The Morgan fingerprint density at radius 1 is 1.03 bits per heavy atom. The quantitative estimate of drug-likeness (QED) is 0.512. The summed E-state index contributed by atoms with van der Waals surface area (Å²) in [6.07, 6.45) is 0. The van der Waals surface area contributed by atoms with E-state index in [0.717, 1.165) is 16.6 Å². The van der Waals surface area contributed by atoms with Crippen LogP contribution in [0.4, 0.5) is 5.69 Å². The first-order valence-electron chi connectivity index (χ1n) is 9.16. The van der Waals surface area contributed by atoms with E-state index in [1.807, 2.05) is 49.4 Å². The number of aromatic nitrogens is 1. The Labute approximate surface area is 168 Å². The van der Waals surface area contributed by atoms with Gasteiger partial charge in [0.15, 0.2) is 23.7 Å². The highest BCUT2D eigenvalue weighted by atomic mass is 16.5. The molecule has 6 nitrogen and oxygen atoms in total. The zero-order valence-corrected chi connectivity index (χ0v) is 16.1. The first-order valence-corrected chi connectivity index (χ1v) is 9.16. The van der Waals surface area contributed by atoms with Gasteiger partial charge in [-0.05, 0) is 43.3 Å². The number of anilines is 1. The molecule has 0 unspecified atom stereocenters. The first kappa shape index (κ1) is 18.6. The molecule has 4 rings (SSSR count). The largest absolute Gasteiger partial charge is 0.493 e. The summed E-state index contributed by atoms with van der Waals surface area (Å²) in [6.45, 7) is 1.89. The van der Waals surface area contributed by atoms with Gasteiger partial charge in [-0.2, -0.15) is 0 Å².